The molecule has 3 heterocycles. The van der Waals surface area contributed by atoms with E-state index in [0.717, 1.165) is 37.1 Å². The van der Waals surface area contributed by atoms with Gasteiger partial charge in [0.05, 0.1) is 12.2 Å². The van der Waals surface area contributed by atoms with E-state index in [1.165, 1.54) is 12.0 Å². The SMILES string of the molecule is O=C(CCc1ncc(-c2ccccc2)o1)N1CCCCCC1c1ccncc1. The number of aryl methyl sites for hydroxylation is 1. The van der Waals surface area contributed by atoms with E-state index in [2.05, 4.69) is 9.97 Å². The van der Waals surface area contributed by atoms with Crippen molar-refractivity contribution in [1.82, 2.24) is 14.9 Å². The number of amides is 1. The summed E-state index contributed by atoms with van der Waals surface area (Å²) < 4.78 is 5.85. The van der Waals surface area contributed by atoms with E-state index < -0.39 is 0 Å². The Bertz CT molecular complexity index is 892. The summed E-state index contributed by atoms with van der Waals surface area (Å²) in [5.41, 5.74) is 2.17. The molecule has 1 aliphatic rings. The minimum atomic E-state index is 0.141. The lowest BCUT2D eigenvalue weighted by Gasteiger charge is -2.30. The van der Waals surface area contributed by atoms with Gasteiger partial charge in [0.15, 0.2) is 11.7 Å². The molecule has 1 atom stereocenters. The first-order valence-electron chi connectivity index (χ1n) is 10.0. The minimum absolute atomic E-state index is 0.141. The second-order valence-corrected chi connectivity index (χ2v) is 7.22. The van der Waals surface area contributed by atoms with E-state index in [1.807, 2.05) is 47.4 Å². The highest BCUT2D eigenvalue weighted by molar-refractivity contribution is 5.77. The van der Waals surface area contributed by atoms with Gasteiger partial charge in [-0.2, -0.15) is 0 Å². The van der Waals surface area contributed by atoms with Gasteiger partial charge in [0, 0.05) is 37.3 Å². The van der Waals surface area contributed by atoms with Crippen molar-refractivity contribution < 1.29 is 9.21 Å². The van der Waals surface area contributed by atoms with Crippen LogP contribution >= 0.6 is 0 Å². The smallest absolute Gasteiger partial charge is 0.223 e. The van der Waals surface area contributed by atoms with Gasteiger partial charge in [-0.25, -0.2) is 4.98 Å². The summed E-state index contributed by atoms with van der Waals surface area (Å²) in [7, 11) is 0. The van der Waals surface area contributed by atoms with Gasteiger partial charge in [-0.3, -0.25) is 9.78 Å². The third kappa shape index (κ3) is 4.30. The van der Waals surface area contributed by atoms with E-state index >= 15 is 0 Å². The fourth-order valence-electron chi connectivity index (χ4n) is 3.86. The van der Waals surface area contributed by atoms with Crippen molar-refractivity contribution in [1.29, 1.82) is 0 Å². The average molecular weight is 375 g/mol. The molecule has 1 aliphatic heterocycles. The first-order chi connectivity index (χ1) is 13.8. The van der Waals surface area contributed by atoms with Crippen LogP contribution in [-0.2, 0) is 11.2 Å². The molecule has 5 nitrogen and oxygen atoms in total. The molecule has 144 valence electrons. The predicted octanol–water partition coefficient (Wildman–Crippen LogP) is 4.81. The number of oxazole rings is 1. The summed E-state index contributed by atoms with van der Waals surface area (Å²) in [6.07, 6.45) is 10.7. The molecule has 1 aromatic carbocycles. The van der Waals surface area contributed by atoms with E-state index in [-0.39, 0.29) is 11.9 Å². The monoisotopic (exact) mass is 375 g/mol. The Hall–Kier alpha value is -2.95. The Morgan fingerprint density at radius 2 is 1.89 bits per heavy atom. The van der Waals surface area contributed by atoms with Crippen molar-refractivity contribution in [3.05, 3.63) is 72.5 Å². The average Bonchev–Trinajstić information content (AvgIpc) is 3.09. The first kappa shape index (κ1) is 18.4. The van der Waals surface area contributed by atoms with Crippen molar-refractivity contribution in [3.63, 3.8) is 0 Å². The Kier molecular flexibility index (Phi) is 5.80. The molecule has 4 rings (SSSR count). The molecule has 0 aliphatic carbocycles. The number of hydrogen-bond acceptors (Lipinski definition) is 4. The van der Waals surface area contributed by atoms with Crippen LogP contribution in [0, 0.1) is 0 Å². The Balaban J connectivity index is 1.43. The number of hydrogen-bond donors (Lipinski definition) is 0. The summed E-state index contributed by atoms with van der Waals surface area (Å²) in [6.45, 7) is 0.812. The zero-order valence-electron chi connectivity index (χ0n) is 16.0. The first-order valence-corrected chi connectivity index (χ1v) is 10.0. The lowest BCUT2D eigenvalue weighted by molar-refractivity contribution is -0.133. The van der Waals surface area contributed by atoms with Crippen LogP contribution in [0.25, 0.3) is 11.3 Å². The van der Waals surface area contributed by atoms with E-state index in [4.69, 9.17) is 4.42 Å². The van der Waals surface area contributed by atoms with Crippen molar-refractivity contribution in [2.75, 3.05) is 6.54 Å². The number of carbonyl (C=O) groups is 1. The lowest BCUT2D eigenvalue weighted by Crippen LogP contribution is -2.35. The van der Waals surface area contributed by atoms with Crippen LogP contribution < -0.4 is 0 Å². The third-order valence-electron chi connectivity index (χ3n) is 5.33. The predicted molar refractivity (Wildman–Crippen MR) is 107 cm³/mol. The molecule has 0 saturated carbocycles. The van der Waals surface area contributed by atoms with Crippen LogP contribution in [0.2, 0.25) is 0 Å². The highest BCUT2D eigenvalue weighted by Crippen LogP contribution is 2.30. The van der Waals surface area contributed by atoms with Crippen LogP contribution in [-0.4, -0.2) is 27.3 Å². The highest BCUT2D eigenvalue weighted by Gasteiger charge is 2.26. The van der Waals surface area contributed by atoms with Crippen molar-refractivity contribution in [2.45, 2.75) is 44.6 Å². The molecular weight excluding hydrogens is 350 g/mol. The molecule has 0 N–H and O–H groups in total. The topological polar surface area (TPSA) is 59.2 Å². The van der Waals surface area contributed by atoms with Crippen LogP contribution in [0.4, 0.5) is 0 Å². The van der Waals surface area contributed by atoms with Gasteiger partial charge in [0.25, 0.3) is 0 Å². The maximum Gasteiger partial charge on any atom is 0.223 e. The van der Waals surface area contributed by atoms with Gasteiger partial charge in [-0.05, 0) is 30.5 Å². The number of nitrogens with zero attached hydrogens (tertiary/aromatic N) is 3. The number of rotatable bonds is 5. The number of benzene rings is 1. The lowest BCUT2D eigenvalue weighted by atomic mass is 10.0. The Labute approximate surface area is 165 Å². The molecule has 3 aromatic rings. The van der Waals surface area contributed by atoms with Crippen LogP contribution in [0.3, 0.4) is 0 Å². The van der Waals surface area contributed by atoms with Crippen molar-refractivity contribution >= 4 is 5.91 Å². The van der Waals surface area contributed by atoms with E-state index in [0.29, 0.717) is 18.7 Å². The number of carbonyl (C=O) groups excluding carboxylic acids is 1. The van der Waals surface area contributed by atoms with Crippen LogP contribution in [0.5, 0.6) is 0 Å². The maximum absolute atomic E-state index is 13.0. The molecular formula is C23H25N3O2. The molecule has 2 aromatic heterocycles. The van der Waals surface area contributed by atoms with Crippen LogP contribution in [0.15, 0.2) is 65.5 Å². The summed E-state index contributed by atoms with van der Waals surface area (Å²) >= 11 is 0. The third-order valence-corrected chi connectivity index (χ3v) is 5.33. The molecule has 1 unspecified atom stereocenters. The zero-order chi connectivity index (χ0) is 19.2. The number of aromatic nitrogens is 2. The molecule has 1 saturated heterocycles. The second kappa shape index (κ2) is 8.83. The second-order valence-electron chi connectivity index (χ2n) is 7.22. The standard InChI is InChI=1S/C23H25N3O2/c27-23(11-10-22-25-17-21(28-22)19-7-3-1-4-8-19)26-16-6-2-5-9-20(26)18-12-14-24-15-13-18/h1,3-4,7-8,12-15,17,20H,2,5-6,9-11,16H2. The summed E-state index contributed by atoms with van der Waals surface area (Å²) in [5.74, 6) is 1.53. The van der Waals surface area contributed by atoms with E-state index in [9.17, 15) is 4.79 Å². The van der Waals surface area contributed by atoms with Gasteiger partial charge in [-0.1, -0.05) is 43.2 Å². The maximum atomic E-state index is 13.0. The van der Waals surface area contributed by atoms with Crippen molar-refractivity contribution in [3.8, 4) is 11.3 Å². The quantitative estimate of drug-likeness (QED) is 0.642. The van der Waals surface area contributed by atoms with Gasteiger partial charge in [0.2, 0.25) is 5.91 Å². The Morgan fingerprint density at radius 1 is 1.07 bits per heavy atom. The molecule has 28 heavy (non-hydrogen) atoms. The molecule has 5 heteroatoms. The fraction of sp³-hybridized carbons (Fsp3) is 0.348. The fourth-order valence-corrected chi connectivity index (χ4v) is 3.86. The largest absolute Gasteiger partial charge is 0.441 e. The normalized spacial score (nSPS) is 17.3. The van der Waals surface area contributed by atoms with Crippen molar-refractivity contribution in [2.24, 2.45) is 0 Å². The highest BCUT2D eigenvalue weighted by atomic mass is 16.4. The molecule has 0 bridgehead atoms. The molecule has 1 fully saturated rings. The molecule has 1 amide bonds. The number of likely N-dealkylation sites (tertiary alicyclic amines) is 1. The summed E-state index contributed by atoms with van der Waals surface area (Å²) in [5, 5.41) is 0. The van der Waals surface area contributed by atoms with Gasteiger partial charge >= 0.3 is 0 Å². The summed E-state index contributed by atoms with van der Waals surface area (Å²) in [4.78, 5) is 23.5. The Morgan fingerprint density at radius 3 is 2.71 bits per heavy atom. The zero-order valence-corrected chi connectivity index (χ0v) is 16.0. The van der Waals surface area contributed by atoms with Gasteiger partial charge < -0.3 is 9.32 Å². The van der Waals surface area contributed by atoms with Crippen LogP contribution in [0.1, 0.15) is 49.6 Å². The molecule has 0 spiro atoms. The van der Waals surface area contributed by atoms with Gasteiger partial charge in [-0.15, -0.1) is 0 Å². The van der Waals surface area contributed by atoms with Gasteiger partial charge in [0.1, 0.15) is 0 Å². The molecule has 0 radical (unpaired) electrons. The minimum Gasteiger partial charge on any atom is -0.441 e. The van der Waals surface area contributed by atoms with E-state index in [1.54, 1.807) is 18.6 Å². The summed E-state index contributed by atoms with van der Waals surface area (Å²) in [6, 6.07) is 14.1. The number of pyridine rings is 1.